The fourth-order valence-electron chi connectivity index (χ4n) is 3.37. The van der Waals surface area contributed by atoms with Gasteiger partial charge in [-0.2, -0.15) is 10.2 Å². The van der Waals surface area contributed by atoms with Crippen LogP contribution in [0.2, 0.25) is 5.02 Å². The monoisotopic (exact) mass is 449 g/mol. The molecule has 0 bridgehead atoms. The molecule has 0 unspecified atom stereocenters. The summed E-state index contributed by atoms with van der Waals surface area (Å²) in [7, 11) is 0. The molecule has 7 nitrogen and oxygen atoms in total. The topological polar surface area (TPSA) is 74.0 Å². The molecule has 32 heavy (non-hydrogen) atoms. The maximum absolute atomic E-state index is 12.8. The summed E-state index contributed by atoms with van der Waals surface area (Å²) in [6.45, 7) is 6.56. The van der Waals surface area contributed by atoms with Crippen molar-refractivity contribution in [1.29, 1.82) is 0 Å². The summed E-state index contributed by atoms with van der Waals surface area (Å²) in [5, 5.41) is 12.5. The average molecular weight is 450 g/mol. The standard InChI is InChI=1S/C24H24ClN5O2/c1-16-13-20(9-10-21(16)25)32-15-29-12-11-22(28-29)24(31)26-23-17(2)27-30(18(23)3)14-19-7-5-4-6-8-19/h4-13H,14-15H2,1-3H3,(H,26,31). The van der Waals surface area contributed by atoms with Crippen molar-refractivity contribution in [2.75, 3.05) is 5.32 Å². The maximum atomic E-state index is 12.8. The van der Waals surface area contributed by atoms with Gasteiger partial charge in [0.05, 0.1) is 23.6 Å². The van der Waals surface area contributed by atoms with Gasteiger partial charge in [0.2, 0.25) is 0 Å². The Balaban J connectivity index is 1.41. The second-order valence-corrected chi connectivity index (χ2v) is 7.98. The van der Waals surface area contributed by atoms with Gasteiger partial charge in [0.15, 0.2) is 12.4 Å². The van der Waals surface area contributed by atoms with Gasteiger partial charge in [-0.25, -0.2) is 4.68 Å². The van der Waals surface area contributed by atoms with E-state index in [0.717, 1.165) is 22.5 Å². The number of nitrogens with zero attached hydrogens (tertiary/aromatic N) is 4. The first-order valence-corrected chi connectivity index (χ1v) is 10.6. The number of halogens is 1. The lowest BCUT2D eigenvalue weighted by molar-refractivity contribution is 0.102. The maximum Gasteiger partial charge on any atom is 0.276 e. The van der Waals surface area contributed by atoms with Crippen LogP contribution in [0.4, 0.5) is 5.69 Å². The minimum Gasteiger partial charge on any atom is -0.471 e. The number of hydrogen-bond acceptors (Lipinski definition) is 4. The van der Waals surface area contributed by atoms with Crippen LogP contribution in [0, 0.1) is 20.8 Å². The molecule has 8 heteroatoms. The lowest BCUT2D eigenvalue weighted by Gasteiger charge is -2.08. The van der Waals surface area contributed by atoms with Crippen molar-refractivity contribution in [3.05, 3.63) is 94.0 Å². The van der Waals surface area contributed by atoms with Crippen molar-refractivity contribution >= 4 is 23.2 Å². The van der Waals surface area contributed by atoms with E-state index in [4.69, 9.17) is 16.3 Å². The highest BCUT2D eigenvalue weighted by Gasteiger charge is 2.17. The number of aryl methyl sites for hydroxylation is 2. The Morgan fingerprint density at radius 1 is 1.06 bits per heavy atom. The van der Waals surface area contributed by atoms with E-state index in [1.165, 1.54) is 0 Å². The zero-order chi connectivity index (χ0) is 22.7. The van der Waals surface area contributed by atoms with Gasteiger partial charge in [0.1, 0.15) is 5.75 Å². The highest BCUT2D eigenvalue weighted by molar-refractivity contribution is 6.31. The van der Waals surface area contributed by atoms with Crippen LogP contribution in [0.3, 0.4) is 0 Å². The molecule has 2 aromatic heterocycles. The van der Waals surface area contributed by atoms with Gasteiger partial charge in [-0.3, -0.25) is 9.48 Å². The van der Waals surface area contributed by atoms with Crippen molar-refractivity contribution in [1.82, 2.24) is 19.6 Å². The van der Waals surface area contributed by atoms with E-state index in [1.807, 2.05) is 49.7 Å². The van der Waals surface area contributed by atoms with Gasteiger partial charge >= 0.3 is 0 Å². The predicted octanol–water partition coefficient (Wildman–Crippen LogP) is 5.00. The third-order valence-corrected chi connectivity index (χ3v) is 5.59. The van der Waals surface area contributed by atoms with Crippen LogP contribution in [-0.4, -0.2) is 25.5 Å². The zero-order valence-electron chi connectivity index (χ0n) is 18.2. The van der Waals surface area contributed by atoms with Crippen LogP contribution in [0.5, 0.6) is 5.75 Å². The molecule has 2 heterocycles. The number of aromatic nitrogens is 4. The van der Waals surface area contributed by atoms with E-state index in [1.54, 1.807) is 29.1 Å². The van der Waals surface area contributed by atoms with Crippen LogP contribution >= 0.6 is 11.6 Å². The largest absolute Gasteiger partial charge is 0.471 e. The lowest BCUT2D eigenvalue weighted by atomic mass is 10.2. The summed E-state index contributed by atoms with van der Waals surface area (Å²) in [6.07, 6.45) is 1.70. The number of rotatable bonds is 7. The van der Waals surface area contributed by atoms with Gasteiger partial charge in [0.25, 0.3) is 5.91 Å². The molecule has 1 amide bonds. The molecule has 4 rings (SSSR count). The van der Waals surface area contributed by atoms with Gasteiger partial charge < -0.3 is 10.1 Å². The molecule has 0 saturated carbocycles. The third kappa shape index (κ3) is 4.84. The predicted molar refractivity (Wildman–Crippen MR) is 124 cm³/mol. The lowest BCUT2D eigenvalue weighted by Crippen LogP contribution is -2.15. The van der Waals surface area contributed by atoms with Gasteiger partial charge in [-0.05, 0) is 56.2 Å². The number of carbonyl (C=O) groups is 1. The Hall–Kier alpha value is -3.58. The van der Waals surface area contributed by atoms with Crippen molar-refractivity contribution < 1.29 is 9.53 Å². The molecule has 0 radical (unpaired) electrons. The van der Waals surface area contributed by atoms with Crippen molar-refractivity contribution in [3.8, 4) is 5.75 Å². The number of anilines is 1. The molecule has 0 aliphatic carbocycles. The first-order valence-electron chi connectivity index (χ1n) is 10.2. The van der Waals surface area contributed by atoms with Crippen LogP contribution in [0.1, 0.15) is 33.0 Å². The first-order chi connectivity index (χ1) is 15.4. The molecule has 1 N–H and O–H groups in total. The Labute approximate surface area is 191 Å². The van der Waals surface area contributed by atoms with Crippen LogP contribution in [-0.2, 0) is 13.3 Å². The van der Waals surface area contributed by atoms with Crippen LogP contribution in [0.15, 0.2) is 60.8 Å². The highest BCUT2D eigenvalue weighted by atomic mass is 35.5. The van der Waals surface area contributed by atoms with E-state index in [9.17, 15) is 4.79 Å². The highest BCUT2D eigenvalue weighted by Crippen LogP contribution is 2.22. The van der Waals surface area contributed by atoms with Gasteiger partial charge in [-0.1, -0.05) is 41.9 Å². The molecule has 0 spiro atoms. The number of nitrogens with one attached hydrogen (secondary N) is 1. The van der Waals surface area contributed by atoms with E-state index >= 15 is 0 Å². The number of benzene rings is 2. The zero-order valence-corrected chi connectivity index (χ0v) is 18.9. The quantitative estimate of drug-likeness (QED) is 0.431. The third-order valence-electron chi connectivity index (χ3n) is 5.16. The second kappa shape index (κ2) is 9.28. The molecule has 2 aromatic carbocycles. The average Bonchev–Trinajstić information content (AvgIpc) is 3.36. The summed E-state index contributed by atoms with van der Waals surface area (Å²) in [5.41, 5.74) is 4.73. The summed E-state index contributed by atoms with van der Waals surface area (Å²) in [4.78, 5) is 12.8. The summed E-state index contributed by atoms with van der Waals surface area (Å²) in [5.74, 6) is 0.391. The minimum absolute atomic E-state index is 0.182. The SMILES string of the molecule is Cc1cc(OCn2ccc(C(=O)Nc3c(C)nn(Cc4ccccc4)c3C)n2)ccc1Cl. The Morgan fingerprint density at radius 2 is 1.84 bits per heavy atom. The summed E-state index contributed by atoms with van der Waals surface area (Å²) < 4.78 is 9.19. The first kappa shape index (κ1) is 21.6. The Bertz CT molecular complexity index is 1250. The molecule has 0 aliphatic heterocycles. The van der Waals surface area contributed by atoms with Gasteiger partial charge in [0, 0.05) is 11.2 Å². The van der Waals surface area contributed by atoms with Crippen molar-refractivity contribution in [3.63, 3.8) is 0 Å². The van der Waals surface area contributed by atoms with E-state index in [2.05, 4.69) is 27.6 Å². The number of hydrogen-bond donors (Lipinski definition) is 1. The molecule has 0 fully saturated rings. The second-order valence-electron chi connectivity index (χ2n) is 7.57. The minimum atomic E-state index is -0.295. The smallest absolute Gasteiger partial charge is 0.276 e. The van der Waals surface area contributed by atoms with E-state index in [0.29, 0.717) is 28.7 Å². The summed E-state index contributed by atoms with van der Waals surface area (Å²) in [6, 6.07) is 17.2. The molecule has 0 atom stereocenters. The summed E-state index contributed by atoms with van der Waals surface area (Å²) >= 11 is 6.04. The molecule has 4 aromatic rings. The molecule has 0 aliphatic rings. The molecular formula is C24H24ClN5O2. The number of carbonyl (C=O) groups excluding carboxylic acids is 1. The fourth-order valence-corrected chi connectivity index (χ4v) is 3.49. The molecular weight excluding hydrogens is 426 g/mol. The van der Waals surface area contributed by atoms with Gasteiger partial charge in [-0.15, -0.1) is 0 Å². The Morgan fingerprint density at radius 3 is 2.59 bits per heavy atom. The normalized spacial score (nSPS) is 10.9. The molecule has 164 valence electrons. The van der Waals surface area contributed by atoms with Crippen LogP contribution < -0.4 is 10.1 Å². The molecule has 0 saturated heterocycles. The van der Waals surface area contributed by atoms with Crippen molar-refractivity contribution in [2.24, 2.45) is 0 Å². The number of amides is 1. The van der Waals surface area contributed by atoms with E-state index < -0.39 is 0 Å². The fraction of sp³-hybridized carbons (Fsp3) is 0.208. The van der Waals surface area contributed by atoms with Crippen molar-refractivity contribution in [2.45, 2.75) is 34.0 Å². The van der Waals surface area contributed by atoms with Crippen LogP contribution in [0.25, 0.3) is 0 Å². The van der Waals surface area contributed by atoms with E-state index in [-0.39, 0.29) is 12.6 Å². The number of ether oxygens (including phenoxy) is 1. The Kier molecular flexibility index (Phi) is 6.28.